The Kier molecular flexibility index (Phi) is 7.02. The molecule has 0 unspecified atom stereocenters. The number of carbonyl (C=O) groups excluding carboxylic acids is 1. The molecule has 0 atom stereocenters. The summed E-state index contributed by atoms with van der Waals surface area (Å²) in [6.45, 7) is 6.07. The molecule has 0 saturated carbocycles. The lowest BCUT2D eigenvalue weighted by Crippen LogP contribution is -2.49. The molecule has 0 spiro atoms. The van der Waals surface area contributed by atoms with Gasteiger partial charge in [-0.05, 0) is 87.9 Å². The number of carbonyl (C=O) groups is 1. The SMILES string of the molecule is Cc1cccc(C(=O)N2CCC(N3CCC(Cc4ccc(Cl)c(Cl)c4)CC3)CC2)c1. The van der Waals surface area contributed by atoms with Gasteiger partial charge in [-0.1, -0.05) is 47.0 Å². The number of likely N-dealkylation sites (tertiary alicyclic amines) is 2. The molecule has 2 fully saturated rings. The maximum atomic E-state index is 12.8. The van der Waals surface area contributed by atoms with Crippen LogP contribution in [0, 0.1) is 12.8 Å². The summed E-state index contributed by atoms with van der Waals surface area (Å²) in [6.07, 6.45) is 5.68. The Bertz CT molecular complexity index is 884. The summed E-state index contributed by atoms with van der Waals surface area (Å²) in [5.74, 6) is 0.888. The molecule has 4 rings (SSSR count). The lowest BCUT2D eigenvalue weighted by atomic mass is 9.88. The van der Waals surface area contributed by atoms with Gasteiger partial charge in [-0.15, -0.1) is 0 Å². The molecule has 5 heteroatoms. The summed E-state index contributed by atoms with van der Waals surface area (Å²) in [6, 6.07) is 14.6. The van der Waals surface area contributed by atoms with Gasteiger partial charge in [-0.3, -0.25) is 4.79 Å². The van der Waals surface area contributed by atoms with E-state index in [9.17, 15) is 4.79 Å². The number of halogens is 2. The van der Waals surface area contributed by atoms with Crippen molar-refractivity contribution in [1.29, 1.82) is 0 Å². The normalized spacial score (nSPS) is 19.2. The summed E-state index contributed by atoms with van der Waals surface area (Å²) >= 11 is 12.2. The van der Waals surface area contributed by atoms with Crippen molar-refractivity contribution in [2.45, 2.75) is 45.1 Å². The second-order valence-electron chi connectivity index (χ2n) is 8.82. The van der Waals surface area contributed by atoms with Crippen LogP contribution in [0.4, 0.5) is 0 Å². The number of rotatable bonds is 4. The Morgan fingerprint density at radius 2 is 1.67 bits per heavy atom. The van der Waals surface area contributed by atoms with E-state index in [1.165, 1.54) is 18.4 Å². The molecule has 2 aromatic rings. The molecule has 160 valence electrons. The van der Waals surface area contributed by atoms with E-state index in [0.29, 0.717) is 22.0 Å². The molecule has 2 saturated heterocycles. The first-order valence-electron chi connectivity index (χ1n) is 11.0. The molecule has 2 heterocycles. The molecule has 2 aromatic carbocycles. The maximum absolute atomic E-state index is 12.8. The van der Waals surface area contributed by atoms with Crippen molar-refractivity contribution in [1.82, 2.24) is 9.80 Å². The van der Waals surface area contributed by atoms with Crippen LogP contribution in [-0.2, 0) is 6.42 Å². The summed E-state index contributed by atoms with van der Waals surface area (Å²) in [7, 11) is 0. The molecule has 0 bridgehead atoms. The number of nitrogens with zero attached hydrogens (tertiary/aromatic N) is 2. The third kappa shape index (κ3) is 5.19. The fourth-order valence-corrected chi connectivity index (χ4v) is 5.24. The van der Waals surface area contributed by atoms with E-state index < -0.39 is 0 Å². The lowest BCUT2D eigenvalue weighted by molar-refractivity contribution is 0.0552. The molecule has 0 radical (unpaired) electrons. The topological polar surface area (TPSA) is 23.6 Å². The van der Waals surface area contributed by atoms with E-state index in [1.807, 2.05) is 48.2 Å². The standard InChI is InChI=1S/C25H30Cl2N2O/c1-18-3-2-4-21(15-18)25(30)29-13-9-22(10-14-29)28-11-7-19(8-12-28)16-20-5-6-23(26)24(27)17-20/h2-6,15,17,19,22H,7-14,16H2,1H3. The van der Waals surface area contributed by atoms with Crippen molar-refractivity contribution in [2.75, 3.05) is 26.2 Å². The third-order valence-corrected chi connectivity index (χ3v) is 7.43. The first kappa shape index (κ1) is 21.7. The number of aryl methyl sites for hydroxylation is 1. The highest BCUT2D eigenvalue weighted by molar-refractivity contribution is 6.42. The zero-order valence-electron chi connectivity index (χ0n) is 17.6. The first-order valence-corrected chi connectivity index (χ1v) is 11.8. The van der Waals surface area contributed by atoms with Gasteiger partial charge in [0, 0.05) is 24.7 Å². The molecular formula is C25H30Cl2N2O. The molecule has 2 aliphatic rings. The fourth-order valence-electron chi connectivity index (χ4n) is 4.92. The monoisotopic (exact) mass is 444 g/mol. The Morgan fingerprint density at radius 3 is 2.33 bits per heavy atom. The van der Waals surface area contributed by atoms with Crippen LogP contribution in [0.2, 0.25) is 10.0 Å². The Morgan fingerprint density at radius 1 is 0.933 bits per heavy atom. The highest BCUT2D eigenvalue weighted by atomic mass is 35.5. The van der Waals surface area contributed by atoms with Crippen LogP contribution in [0.5, 0.6) is 0 Å². The molecule has 2 aliphatic heterocycles. The van der Waals surface area contributed by atoms with Crippen molar-refractivity contribution in [3.63, 3.8) is 0 Å². The zero-order valence-corrected chi connectivity index (χ0v) is 19.1. The maximum Gasteiger partial charge on any atom is 0.253 e. The van der Waals surface area contributed by atoms with Crippen LogP contribution in [0.25, 0.3) is 0 Å². The van der Waals surface area contributed by atoms with E-state index in [1.54, 1.807) is 0 Å². The predicted molar refractivity (Wildman–Crippen MR) is 125 cm³/mol. The van der Waals surface area contributed by atoms with Crippen LogP contribution in [0.3, 0.4) is 0 Å². The summed E-state index contributed by atoms with van der Waals surface area (Å²) < 4.78 is 0. The fraction of sp³-hybridized carbons (Fsp3) is 0.480. The highest BCUT2D eigenvalue weighted by Crippen LogP contribution is 2.29. The van der Waals surface area contributed by atoms with E-state index in [2.05, 4.69) is 11.0 Å². The van der Waals surface area contributed by atoms with Gasteiger partial charge in [0.15, 0.2) is 0 Å². The molecule has 3 nitrogen and oxygen atoms in total. The quantitative estimate of drug-likeness (QED) is 0.589. The smallest absolute Gasteiger partial charge is 0.253 e. The van der Waals surface area contributed by atoms with Gasteiger partial charge in [0.1, 0.15) is 0 Å². The van der Waals surface area contributed by atoms with Gasteiger partial charge in [0.05, 0.1) is 10.0 Å². The first-order chi connectivity index (χ1) is 14.5. The Hall–Kier alpha value is -1.55. The van der Waals surface area contributed by atoms with Gasteiger partial charge in [0.25, 0.3) is 5.91 Å². The molecule has 0 N–H and O–H groups in total. The lowest BCUT2D eigenvalue weighted by Gasteiger charge is -2.42. The minimum Gasteiger partial charge on any atom is -0.339 e. The van der Waals surface area contributed by atoms with Crippen LogP contribution in [0.1, 0.15) is 47.2 Å². The van der Waals surface area contributed by atoms with E-state index >= 15 is 0 Å². The number of benzene rings is 2. The average molecular weight is 445 g/mol. The molecular weight excluding hydrogens is 415 g/mol. The summed E-state index contributed by atoms with van der Waals surface area (Å²) in [5.41, 5.74) is 3.24. The van der Waals surface area contributed by atoms with Crippen LogP contribution >= 0.6 is 23.2 Å². The summed E-state index contributed by atoms with van der Waals surface area (Å²) in [5, 5.41) is 1.28. The van der Waals surface area contributed by atoms with Gasteiger partial charge in [-0.2, -0.15) is 0 Å². The van der Waals surface area contributed by atoms with E-state index in [-0.39, 0.29) is 5.91 Å². The number of hydrogen-bond donors (Lipinski definition) is 0. The summed E-state index contributed by atoms with van der Waals surface area (Å²) in [4.78, 5) is 17.5. The number of hydrogen-bond acceptors (Lipinski definition) is 2. The van der Waals surface area contributed by atoms with Gasteiger partial charge in [0.2, 0.25) is 0 Å². The van der Waals surface area contributed by atoms with Crippen molar-refractivity contribution in [3.8, 4) is 0 Å². The third-order valence-electron chi connectivity index (χ3n) is 6.69. The zero-order chi connectivity index (χ0) is 21.1. The molecule has 0 aromatic heterocycles. The van der Waals surface area contributed by atoms with Gasteiger partial charge < -0.3 is 9.80 Å². The Labute approximate surface area is 190 Å². The Balaban J connectivity index is 1.24. The van der Waals surface area contributed by atoms with Crippen LogP contribution in [-0.4, -0.2) is 47.9 Å². The van der Waals surface area contributed by atoms with Crippen LogP contribution in [0.15, 0.2) is 42.5 Å². The van der Waals surface area contributed by atoms with Crippen molar-refractivity contribution in [3.05, 3.63) is 69.2 Å². The van der Waals surface area contributed by atoms with Gasteiger partial charge in [-0.25, -0.2) is 0 Å². The van der Waals surface area contributed by atoms with Crippen molar-refractivity contribution < 1.29 is 4.79 Å². The second kappa shape index (κ2) is 9.72. The molecule has 0 aliphatic carbocycles. The largest absolute Gasteiger partial charge is 0.339 e. The minimum absolute atomic E-state index is 0.178. The highest BCUT2D eigenvalue weighted by Gasteiger charge is 2.30. The van der Waals surface area contributed by atoms with Crippen LogP contribution < -0.4 is 0 Å². The predicted octanol–water partition coefficient (Wildman–Crippen LogP) is 5.86. The number of piperidine rings is 2. The molecule has 30 heavy (non-hydrogen) atoms. The second-order valence-corrected chi connectivity index (χ2v) is 9.64. The number of amides is 1. The van der Waals surface area contributed by atoms with E-state index in [4.69, 9.17) is 23.2 Å². The minimum atomic E-state index is 0.178. The van der Waals surface area contributed by atoms with Gasteiger partial charge >= 0.3 is 0 Å². The average Bonchev–Trinajstić information content (AvgIpc) is 2.76. The van der Waals surface area contributed by atoms with E-state index in [0.717, 1.165) is 56.6 Å². The molecule has 1 amide bonds. The van der Waals surface area contributed by atoms with Crippen molar-refractivity contribution >= 4 is 29.1 Å². The van der Waals surface area contributed by atoms with Crippen molar-refractivity contribution in [2.24, 2.45) is 5.92 Å².